The smallest absolute Gasteiger partial charge is 0.277 e. The molecule has 2 saturated carbocycles. The molecule has 18 heavy (non-hydrogen) atoms. The van der Waals surface area contributed by atoms with Gasteiger partial charge in [0.1, 0.15) is 5.41 Å². The van der Waals surface area contributed by atoms with Crippen molar-refractivity contribution in [1.82, 2.24) is 10.2 Å². The van der Waals surface area contributed by atoms with Gasteiger partial charge in [0, 0.05) is 5.54 Å². The molecule has 3 fully saturated rings. The monoisotopic (exact) mass is 250 g/mol. The summed E-state index contributed by atoms with van der Waals surface area (Å²) in [4.78, 5) is 38.0. The molecular formula is C13H18N2O3. The molecule has 2 aliphatic carbocycles. The predicted molar refractivity (Wildman–Crippen MR) is 63.5 cm³/mol. The van der Waals surface area contributed by atoms with Crippen molar-refractivity contribution in [3.63, 3.8) is 0 Å². The third-order valence-corrected chi connectivity index (χ3v) is 4.90. The van der Waals surface area contributed by atoms with Gasteiger partial charge in [-0.15, -0.1) is 0 Å². The van der Waals surface area contributed by atoms with E-state index in [1.165, 1.54) is 4.90 Å². The number of nitrogens with zero attached hydrogens (tertiary/aromatic N) is 1. The van der Waals surface area contributed by atoms with Crippen LogP contribution in [0.15, 0.2) is 0 Å². The van der Waals surface area contributed by atoms with Crippen LogP contribution >= 0.6 is 0 Å². The molecule has 0 atom stereocenters. The number of hydrogen-bond acceptors (Lipinski definition) is 3. The zero-order valence-corrected chi connectivity index (χ0v) is 10.6. The van der Waals surface area contributed by atoms with Crippen LogP contribution in [-0.2, 0) is 9.59 Å². The molecule has 0 bridgehead atoms. The zero-order chi connectivity index (χ0) is 13.0. The topological polar surface area (TPSA) is 66.5 Å². The van der Waals surface area contributed by atoms with Crippen molar-refractivity contribution in [1.29, 1.82) is 0 Å². The molecule has 1 heterocycles. The standard InChI is InChI=1S/C13H18N2O3/c1-12(5-4-6-12)15-10(17)13(7-2-3-8-13)9(16)14-11(15)18/h2-8H2,1H3,(H,14,16,18). The van der Waals surface area contributed by atoms with Gasteiger partial charge < -0.3 is 0 Å². The molecule has 0 aromatic rings. The Kier molecular flexibility index (Phi) is 2.31. The molecular weight excluding hydrogens is 232 g/mol. The lowest BCUT2D eigenvalue weighted by atomic mass is 9.73. The van der Waals surface area contributed by atoms with Crippen molar-refractivity contribution >= 4 is 17.8 Å². The number of barbiturate groups is 1. The number of hydrogen-bond donors (Lipinski definition) is 1. The van der Waals surface area contributed by atoms with Gasteiger partial charge in [-0.3, -0.25) is 19.8 Å². The predicted octanol–water partition coefficient (Wildman–Crippen LogP) is 1.57. The maximum absolute atomic E-state index is 12.7. The summed E-state index contributed by atoms with van der Waals surface area (Å²) in [6.45, 7) is 1.94. The van der Waals surface area contributed by atoms with E-state index >= 15 is 0 Å². The number of rotatable bonds is 1. The van der Waals surface area contributed by atoms with Crippen molar-refractivity contribution in [3.8, 4) is 0 Å². The summed E-state index contributed by atoms with van der Waals surface area (Å²) >= 11 is 0. The van der Waals surface area contributed by atoms with Gasteiger partial charge in [-0.25, -0.2) is 4.79 Å². The van der Waals surface area contributed by atoms with Gasteiger partial charge >= 0.3 is 6.03 Å². The molecule has 1 spiro atoms. The van der Waals surface area contributed by atoms with E-state index in [2.05, 4.69) is 5.32 Å². The van der Waals surface area contributed by atoms with E-state index in [9.17, 15) is 14.4 Å². The molecule has 5 nitrogen and oxygen atoms in total. The third-order valence-electron chi connectivity index (χ3n) is 4.90. The van der Waals surface area contributed by atoms with Crippen LogP contribution in [0.3, 0.4) is 0 Å². The Morgan fingerprint density at radius 1 is 1.00 bits per heavy atom. The maximum atomic E-state index is 12.7. The summed E-state index contributed by atoms with van der Waals surface area (Å²) in [6, 6.07) is -0.523. The Morgan fingerprint density at radius 2 is 1.61 bits per heavy atom. The second-order valence-electron chi connectivity index (χ2n) is 6.04. The molecule has 0 aromatic carbocycles. The number of carbonyl (C=O) groups excluding carboxylic acids is 3. The normalized spacial score (nSPS) is 29.4. The molecule has 3 aliphatic rings. The molecule has 0 aromatic heterocycles. The Labute approximate surface area is 106 Å². The highest BCUT2D eigenvalue weighted by atomic mass is 16.2. The molecule has 98 valence electrons. The highest BCUT2D eigenvalue weighted by Crippen LogP contribution is 2.46. The fourth-order valence-electron chi connectivity index (χ4n) is 3.50. The summed E-state index contributed by atoms with van der Waals surface area (Å²) in [6.07, 6.45) is 5.66. The van der Waals surface area contributed by atoms with Crippen LogP contribution in [0.2, 0.25) is 0 Å². The third kappa shape index (κ3) is 1.30. The van der Waals surface area contributed by atoms with E-state index in [1.807, 2.05) is 6.92 Å². The van der Waals surface area contributed by atoms with Crippen molar-refractivity contribution < 1.29 is 14.4 Å². The number of imide groups is 2. The number of amides is 4. The van der Waals surface area contributed by atoms with Crippen LogP contribution in [0.5, 0.6) is 0 Å². The van der Waals surface area contributed by atoms with E-state index < -0.39 is 11.4 Å². The van der Waals surface area contributed by atoms with Gasteiger partial charge in [0.2, 0.25) is 11.8 Å². The second kappa shape index (κ2) is 3.56. The second-order valence-corrected chi connectivity index (χ2v) is 6.04. The minimum absolute atomic E-state index is 0.254. The largest absolute Gasteiger partial charge is 0.331 e. The molecule has 4 amide bonds. The van der Waals surface area contributed by atoms with Crippen LogP contribution in [0.25, 0.3) is 0 Å². The number of carbonyl (C=O) groups is 3. The maximum Gasteiger partial charge on any atom is 0.331 e. The molecule has 1 N–H and O–H groups in total. The summed E-state index contributed by atoms with van der Waals surface area (Å²) in [5.74, 6) is -0.634. The molecule has 5 heteroatoms. The van der Waals surface area contributed by atoms with Crippen molar-refractivity contribution in [2.75, 3.05) is 0 Å². The lowest BCUT2D eigenvalue weighted by Gasteiger charge is -2.50. The van der Waals surface area contributed by atoms with Gasteiger partial charge in [0.05, 0.1) is 0 Å². The molecule has 1 aliphatic heterocycles. The Bertz CT molecular complexity index is 434. The van der Waals surface area contributed by atoms with Gasteiger partial charge in [0.15, 0.2) is 0 Å². The first-order valence-corrected chi connectivity index (χ1v) is 6.70. The lowest BCUT2D eigenvalue weighted by molar-refractivity contribution is -0.157. The molecule has 1 saturated heterocycles. The highest BCUT2D eigenvalue weighted by Gasteiger charge is 2.59. The Balaban J connectivity index is 1.97. The van der Waals surface area contributed by atoms with Crippen LogP contribution in [0.1, 0.15) is 51.9 Å². The minimum Gasteiger partial charge on any atom is -0.277 e. The highest BCUT2D eigenvalue weighted by molar-refractivity contribution is 6.19. The summed E-state index contributed by atoms with van der Waals surface area (Å²) in [7, 11) is 0. The van der Waals surface area contributed by atoms with E-state index in [0.717, 1.165) is 32.1 Å². The molecule has 3 rings (SSSR count). The molecule has 0 radical (unpaired) electrons. The average molecular weight is 250 g/mol. The average Bonchev–Trinajstić information content (AvgIpc) is 2.75. The zero-order valence-electron chi connectivity index (χ0n) is 10.6. The van der Waals surface area contributed by atoms with Gasteiger partial charge in [0.25, 0.3) is 0 Å². The molecule has 0 unspecified atom stereocenters. The van der Waals surface area contributed by atoms with Crippen molar-refractivity contribution in [2.45, 2.75) is 57.4 Å². The minimum atomic E-state index is -0.952. The van der Waals surface area contributed by atoms with E-state index in [-0.39, 0.29) is 17.4 Å². The Morgan fingerprint density at radius 3 is 2.11 bits per heavy atom. The first kappa shape index (κ1) is 11.7. The van der Waals surface area contributed by atoms with E-state index in [4.69, 9.17) is 0 Å². The Hall–Kier alpha value is -1.39. The lowest BCUT2D eigenvalue weighted by Crippen LogP contribution is -2.70. The number of nitrogens with one attached hydrogen (secondary N) is 1. The fraction of sp³-hybridized carbons (Fsp3) is 0.769. The van der Waals surface area contributed by atoms with Crippen LogP contribution in [-0.4, -0.2) is 28.3 Å². The van der Waals surface area contributed by atoms with E-state index in [1.54, 1.807) is 0 Å². The van der Waals surface area contributed by atoms with Gasteiger partial charge in [-0.05, 0) is 39.0 Å². The SMILES string of the molecule is CC1(N2C(=O)NC(=O)C3(CCCC3)C2=O)CCC1. The summed E-state index contributed by atoms with van der Waals surface area (Å²) < 4.78 is 0. The van der Waals surface area contributed by atoms with Gasteiger partial charge in [-0.2, -0.15) is 0 Å². The quantitative estimate of drug-likeness (QED) is 0.718. The van der Waals surface area contributed by atoms with Crippen LogP contribution in [0.4, 0.5) is 4.79 Å². The van der Waals surface area contributed by atoms with Crippen molar-refractivity contribution in [3.05, 3.63) is 0 Å². The number of urea groups is 1. The van der Waals surface area contributed by atoms with Crippen molar-refractivity contribution in [2.24, 2.45) is 5.41 Å². The van der Waals surface area contributed by atoms with Gasteiger partial charge in [-0.1, -0.05) is 12.8 Å². The summed E-state index contributed by atoms with van der Waals surface area (Å²) in [5.41, 5.74) is -1.33. The first-order valence-electron chi connectivity index (χ1n) is 6.70. The van der Waals surface area contributed by atoms with E-state index in [0.29, 0.717) is 12.8 Å². The first-order chi connectivity index (χ1) is 8.50. The van der Waals surface area contributed by atoms with Crippen LogP contribution in [0, 0.1) is 5.41 Å². The summed E-state index contributed by atoms with van der Waals surface area (Å²) in [5, 5.41) is 2.39. The fourth-order valence-corrected chi connectivity index (χ4v) is 3.50. The van der Waals surface area contributed by atoms with Crippen LogP contribution < -0.4 is 5.32 Å².